The average Bonchev–Trinajstić information content (AvgIpc) is 2.56. The van der Waals surface area contributed by atoms with E-state index in [-0.39, 0.29) is 5.97 Å². The lowest BCUT2D eigenvalue weighted by molar-refractivity contribution is -0.149. The quantitative estimate of drug-likeness (QED) is 0.703. The molecule has 1 unspecified atom stereocenters. The summed E-state index contributed by atoms with van der Waals surface area (Å²) < 4.78 is 5.29. The van der Waals surface area contributed by atoms with Crippen molar-refractivity contribution in [3.05, 3.63) is 60.2 Å². The van der Waals surface area contributed by atoms with Gasteiger partial charge in [-0.15, -0.1) is 0 Å². The predicted octanol–water partition coefficient (Wildman–Crippen LogP) is 4.97. The first-order valence-corrected chi connectivity index (χ1v) is 7.95. The Bertz CT molecular complexity index is 601. The molecule has 0 aliphatic carbocycles. The smallest absolute Gasteiger partial charge is 0.316 e. The Balaban J connectivity index is 2.32. The molecule has 0 saturated heterocycles. The summed E-state index contributed by atoms with van der Waals surface area (Å²) in [6.07, 6.45) is 1.73. The van der Waals surface area contributed by atoms with Gasteiger partial charge in [-0.25, -0.2) is 0 Å². The van der Waals surface area contributed by atoms with Crippen molar-refractivity contribution in [1.29, 1.82) is 0 Å². The van der Waals surface area contributed by atoms with Crippen molar-refractivity contribution in [2.45, 2.75) is 39.0 Å². The highest BCUT2D eigenvalue weighted by Gasteiger charge is 2.35. The van der Waals surface area contributed by atoms with E-state index in [0.717, 1.165) is 24.0 Å². The summed E-state index contributed by atoms with van der Waals surface area (Å²) in [5, 5.41) is 0. The van der Waals surface area contributed by atoms with Gasteiger partial charge in [-0.2, -0.15) is 0 Å². The van der Waals surface area contributed by atoms with Gasteiger partial charge >= 0.3 is 5.97 Å². The Morgan fingerprint density at radius 3 is 2.09 bits per heavy atom. The minimum absolute atomic E-state index is 0.135. The molecule has 1 atom stereocenters. The van der Waals surface area contributed by atoms with Gasteiger partial charge in [-0.3, -0.25) is 4.79 Å². The van der Waals surface area contributed by atoms with Gasteiger partial charge in [-0.1, -0.05) is 67.9 Å². The van der Waals surface area contributed by atoms with Crippen molar-refractivity contribution < 1.29 is 9.53 Å². The highest BCUT2D eigenvalue weighted by molar-refractivity contribution is 5.83. The zero-order valence-corrected chi connectivity index (χ0v) is 13.6. The molecule has 116 valence electrons. The number of ether oxygens (including phenoxy) is 1. The Labute approximate surface area is 133 Å². The summed E-state index contributed by atoms with van der Waals surface area (Å²) in [5.74, 6) is -0.135. The van der Waals surface area contributed by atoms with E-state index in [1.165, 1.54) is 5.56 Å². The Kier molecular flexibility index (Phi) is 5.37. The molecule has 0 radical (unpaired) electrons. The molecule has 2 nitrogen and oxygen atoms in total. The first-order valence-electron chi connectivity index (χ1n) is 7.95. The van der Waals surface area contributed by atoms with Crippen molar-refractivity contribution in [1.82, 2.24) is 0 Å². The average molecular weight is 296 g/mol. The number of carbonyl (C=O) groups excluding carboxylic acids is 1. The second-order valence-electron chi connectivity index (χ2n) is 5.75. The van der Waals surface area contributed by atoms with Gasteiger partial charge in [-0.05, 0) is 37.0 Å². The molecule has 22 heavy (non-hydrogen) atoms. The molecule has 0 saturated carbocycles. The van der Waals surface area contributed by atoms with Crippen molar-refractivity contribution in [2.24, 2.45) is 0 Å². The molecule has 2 rings (SSSR count). The summed E-state index contributed by atoms with van der Waals surface area (Å²) in [6, 6.07) is 18.5. The predicted molar refractivity (Wildman–Crippen MR) is 90.8 cm³/mol. The Hall–Kier alpha value is -2.09. The lowest BCUT2D eigenvalue weighted by Crippen LogP contribution is -2.34. The van der Waals surface area contributed by atoms with Gasteiger partial charge in [0.1, 0.15) is 0 Å². The van der Waals surface area contributed by atoms with Crippen LogP contribution in [0.2, 0.25) is 0 Å². The first-order chi connectivity index (χ1) is 10.6. The third kappa shape index (κ3) is 3.38. The van der Waals surface area contributed by atoms with Crippen molar-refractivity contribution in [2.75, 3.05) is 6.61 Å². The summed E-state index contributed by atoms with van der Waals surface area (Å²) in [5.41, 5.74) is 2.79. The molecule has 2 aromatic carbocycles. The largest absolute Gasteiger partial charge is 0.465 e. The molecule has 0 aromatic heterocycles. The second kappa shape index (κ2) is 7.26. The lowest BCUT2D eigenvalue weighted by atomic mass is 9.78. The first kappa shape index (κ1) is 16.3. The van der Waals surface area contributed by atoms with Crippen molar-refractivity contribution in [3.8, 4) is 11.1 Å². The molecule has 0 bridgehead atoms. The minimum atomic E-state index is -0.569. The zero-order chi connectivity index (χ0) is 16.0. The van der Waals surface area contributed by atoms with Gasteiger partial charge < -0.3 is 4.74 Å². The van der Waals surface area contributed by atoms with Crippen LogP contribution < -0.4 is 0 Å². The molecule has 0 fully saturated rings. The van der Waals surface area contributed by atoms with Crippen molar-refractivity contribution >= 4 is 5.97 Å². The number of carbonyl (C=O) groups is 1. The highest BCUT2D eigenvalue weighted by Crippen LogP contribution is 2.32. The summed E-state index contributed by atoms with van der Waals surface area (Å²) in [7, 11) is 0. The van der Waals surface area contributed by atoms with Gasteiger partial charge in [0.2, 0.25) is 0 Å². The molecular formula is C20H24O2. The molecule has 0 heterocycles. The van der Waals surface area contributed by atoms with Crippen LogP contribution >= 0.6 is 0 Å². The third-order valence-corrected chi connectivity index (χ3v) is 4.11. The van der Waals surface area contributed by atoms with E-state index >= 15 is 0 Å². The second-order valence-corrected chi connectivity index (χ2v) is 5.75. The number of benzene rings is 2. The fourth-order valence-corrected chi connectivity index (χ4v) is 2.82. The van der Waals surface area contributed by atoms with Crippen LogP contribution in [-0.4, -0.2) is 12.6 Å². The van der Waals surface area contributed by atoms with Gasteiger partial charge in [0, 0.05) is 0 Å². The maximum Gasteiger partial charge on any atom is 0.316 e. The lowest BCUT2D eigenvalue weighted by Gasteiger charge is -2.27. The van der Waals surface area contributed by atoms with Crippen LogP contribution in [0.3, 0.4) is 0 Å². The minimum Gasteiger partial charge on any atom is -0.465 e. The number of hydrogen-bond acceptors (Lipinski definition) is 2. The Morgan fingerprint density at radius 2 is 1.55 bits per heavy atom. The van der Waals surface area contributed by atoms with Crippen LogP contribution in [0, 0.1) is 0 Å². The number of rotatable bonds is 6. The zero-order valence-electron chi connectivity index (χ0n) is 13.6. The van der Waals surface area contributed by atoms with E-state index in [2.05, 4.69) is 43.3 Å². The molecule has 0 amide bonds. The van der Waals surface area contributed by atoms with E-state index < -0.39 is 5.41 Å². The standard InChI is InChI=1S/C20H24O2/c1-4-15-20(3,19(21)22-5-2)18-13-11-17(12-14-18)16-9-7-6-8-10-16/h6-14H,4-5,15H2,1-3H3. The van der Waals surface area contributed by atoms with E-state index in [1.807, 2.05) is 32.0 Å². The molecule has 0 N–H and O–H groups in total. The summed E-state index contributed by atoms with van der Waals surface area (Å²) >= 11 is 0. The molecule has 0 aliphatic heterocycles. The van der Waals surface area contributed by atoms with Crippen LogP contribution in [0.4, 0.5) is 0 Å². The maximum absolute atomic E-state index is 12.4. The van der Waals surface area contributed by atoms with Crippen molar-refractivity contribution in [3.63, 3.8) is 0 Å². The van der Waals surface area contributed by atoms with E-state index in [0.29, 0.717) is 6.61 Å². The fourth-order valence-electron chi connectivity index (χ4n) is 2.82. The fraction of sp³-hybridized carbons (Fsp3) is 0.350. The highest BCUT2D eigenvalue weighted by atomic mass is 16.5. The van der Waals surface area contributed by atoms with E-state index in [4.69, 9.17) is 4.74 Å². The summed E-state index contributed by atoms with van der Waals surface area (Å²) in [6.45, 7) is 6.34. The monoisotopic (exact) mass is 296 g/mol. The molecule has 0 aliphatic rings. The molecular weight excluding hydrogens is 272 g/mol. The number of hydrogen-bond donors (Lipinski definition) is 0. The normalized spacial score (nSPS) is 13.4. The van der Waals surface area contributed by atoms with Crippen LogP contribution in [0.1, 0.15) is 39.2 Å². The van der Waals surface area contributed by atoms with Crippen LogP contribution in [0.15, 0.2) is 54.6 Å². The molecule has 0 spiro atoms. The van der Waals surface area contributed by atoms with Gasteiger partial charge in [0.15, 0.2) is 0 Å². The topological polar surface area (TPSA) is 26.3 Å². The van der Waals surface area contributed by atoms with E-state index in [1.54, 1.807) is 0 Å². The summed E-state index contributed by atoms with van der Waals surface area (Å²) in [4.78, 5) is 12.4. The Morgan fingerprint density at radius 1 is 0.955 bits per heavy atom. The third-order valence-electron chi connectivity index (χ3n) is 4.11. The van der Waals surface area contributed by atoms with Gasteiger partial charge in [0.25, 0.3) is 0 Å². The van der Waals surface area contributed by atoms with Crippen LogP contribution in [0.5, 0.6) is 0 Å². The van der Waals surface area contributed by atoms with Crippen LogP contribution in [0.25, 0.3) is 11.1 Å². The maximum atomic E-state index is 12.4. The van der Waals surface area contributed by atoms with Crippen LogP contribution in [-0.2, 0) is 14.9 Å². The number of esters is 1. The van der Waals surface area contributed by atoms with E-state index in [9.17, 15) is 4.79 Å². The molecule has 2 heteroatoms. The van der Waals surface area contributed by atoms with Gasteiger partial charge in [0.05, 0.1) is 12.0 Å². The molecule has 2 aromatic rings. The SMILES string of the molecule is CCCC(C)(C(=O)OCC)c1ccc(-c2ccccc2)cc1.